The third kappa shape index (κ3) is 1.94. The van der Waals surface area contributed by atoms with Crippen molar-refractivity contribution in [1.82, 2.24) is 0 Å². The van der Waals surface area contributed by atoms with Gasteiger partial charge >= 0.3 is 0 Å². The van der Waals surface area contributed by atoms with Crippen molar-refractivity contribution in [3.63, 3.8) is 0 Å². The number of ether oxygens (including phenoxy) is 3. The maximum Gasteiger partial charge on any atom is 0.189 e. The Morgan fingerprint density at radius 3 is 2.93 bits per heavy atom. The molecule has 1 saturated heterocycles. The second-order valence-corrected chi connectivity index (χ2v) is 4.95. The zero-order chi connectivity index (χ0) is 10.1. The minimum absolute atomic E-state index is 0.119. The number of hydrogen-bond donors (Lipinski definition) is 0. The molecule has 15 heavy (non-hydrogen) atoms. The van der Waals surface area contributed by atoms with Crippen molar-refractivity contribution in [3.8, 4) is 0 Å². The molecule has 0 spiro atoms. The summed E-state index contributed by atoms with van der Waals surface area (Å²) in [5.74, 6) is 1.16. The average Bonchev–Trinajstić information content (AvgIpc) is 2.82. The Morgan fingerprint density at radius 1 is 1.20 bits per heavy atom. The van der Waals surface area contributed by atoms with Crippen molar-refractivity contribution in [1.29, 1.82) is 0 Å². The molecule has 3 nitrogen and oxygen atoms in total. The highest BCUT2D eigenvalue weighted by Crippen LogP contribution is 2.42. The lowest BCUT2D eigenvalue weighted by Crippen LogP contribution is -2.14. The predicted molar refractivity (Wildman–Crippen MR) is 58.2 cm³/mol. The van der Waals surface area contributed by atoms with Crippen molar-refractivity contribution < 1.29 is 14.2 Å². The van der Waals surface area contributed by atoms with Crippen molar-refractivity contribution in [3.05, 3.63) is 21.6 Å². The van der Waals surface area contributed by atoms with Crippen LogP contribution >= 0.6 is 11.8 Å². The Morgan fingerprint density at radius 2 is 2.07 bits per heavy atom. The Hall–Kier alpha value is -0.450. The van der Waals surface area contributed by atoms with E-state index >= 15 is 0 Å². The third-order valence-electron chi connectivity index (χ3n) is 2.72. The quantitative estimate of drug-likeness (QED) is 0.686. The number of thioether (sulfide) groups is 1. The molecule has 0 aromatic rings. The molecule has 0 aromatic carbocycles. The van der Waals surface area contributed by atoms with Gasteiger partial charge < -0.3 is 14.2 Å². The van der Waals surface area contributed by atoms with Gasteiger partial charge in [0.25, 0.3) is 0 Å². The SMILES string of the molecule is C1=C(C2OCCO2)SC2=C(C1)OCCC2. The molecular formula is C11H14O3S. The van der Waals surface area contributed by atoms with E-state index in [1.165, 1.54) is 9.81 Å². The second-order valence-electron chi connectivity index (χ2n) is 3.78. The Kier molecular flexibility index (Phi) is 2.73. The summed E-state index contributed by atoms with van der Waals surface area (Å²) in [6.45, 7) is 2.30. The number of rotatable bonds is 1. The standard InChI is InChI=1S/C11H14O3S/c1-2-9-8(12-5-1)3-4-10(15-9)11-13-6-7-14-11/h4,11H,1-3,5-7H2. The Bertz CT molecular complexity index is 316. The van der Waals surface area contributed by atoms with Crippen LogP contribution < -0.4 is 0 Å². The fourth-order valence-electron chi connectivity index (χ4n) is 1.97. The topological polar surface area (TPSA) is 27.7 Å². The normalized spacial score (nSPS) is 27.3. The lowest BCUT2D eigenvalue weighted by Gasteiger charge is -2.26. The summed E-state index contributed by atoms with van der Waals surface area (Å²) in [7, 11) is 0. The Labute approximate surface area is 93.5 Å². The van der Waals surface area contributed by atoms with Gasteiger partial charge in [0.2, 0.25) is 0 Å². The molecule has 0 saturated carbocycles. The fourth-order valence-corrected chi connectivity index (χ4v) is 3.16. The van der Waals surface area contributed by atoms with Gasteiger partial charge in [0, 0.05) is 16.2 Å². The summed E-state index contributed by atoms with van der Waals surface area (Å²) in [4.78, 5) is 2.58. The van der Waals surface area contributed by atoms with Gasteiger partial charge in [-0.2, -0.15) is 0 Å². The molecular weight excluding hydrogens is 212 g/mol. The summed E-state index contributed by atoms with van der Waals surface area (Å²) in [6, 6.07) is 0. The minimum Gasteiger partial charge on any atom is -0.497 e. The second kappa shape index (κ2) is 4.20. The monoisotopic (exact) mass is 226 g/mol. The summed E-state index contributed by atoms with van der Waals surface area (Å²) < 4.78 is 16.6. The van der Waals surface area contributed by atoms with Gasteiger partial charge in [-0.25, -0.2) is 0 Å². The van der Waals surface area contributed by atoms with Gasteiger partial charge in [0.05, 0.1) is 19.8 Å². The predicted octanol–water partition coefficient (Wildman–Crippen LogP) is 2.40. The van der Waals surface area contributed by atoms with Crippen LogP contribution in [0, 0.1) is 0 Å². The van der Waals surface area contributed by atoms with Gasteiger partial charge in [-0.15, -0.1) is 0 Å². The van der Waals surface area contributed by atoms with Crippen molar-refractivity contribution in [2.75, 3.05) is 19.8 Å². The molecule has 3 heterocycles. The smallest absolute Gasteiger partial charge is 0.189 e. The average molecular weight is 226 g/mol. The molecule has 3 rings (SSSR count). The highest BCUT2D eigenvalue weighted by atomic mass is 32.2. The van der Waals surface area contributed by atoms with Crippen LogP contribution in [0.2, 0.25) is 0 Å². The van der Waals surface area contributed by atoms with Gasteiger partial charge in [0.15, 0.2) is 6.29 Å². The molecule has 0 atom stereocenters. The van der Waals surface area contributed by atoms with E-state index in [0.717, 1.165) is 31.6 Å². The molecule has 3 aliphatic heterocycles. The first-order valence-electron chi connectivity index (χ1n) is 5.39. The molecule has 4 heteroatoms. The van der Waals surface area contributed by atoms with E-state index in [-0.39, 0.29) is 6.29 Å². The van der Waals surface area contributed by atoms with E-state index in [1.54, 1.807) is 11.8 Å². The summed E-state index contributed by atoms with van der Waals surface area (Å²) >= 11 is 1.78. The summed E-state index contributed by atoms with van der Waals surface area (Å²) in [5.41, 5.74) is 0. The molecule has 0 radical (unpaired) electrons. The lowest BCUT2D eigenvalue weighted by atomic mass is 10.2. The Balaban J connectivity index is 1.71. The van der Waals surface area contributed by atoms with Crippen LogP contribution in [-0.2, 0) is 14.2 Å². The first-order valence-corrected chi connectivity index (χ1v) is 6.21. The van der Waals surface area contributed by atoms with Crippen LogP contribution in [0.1, 0.15) is 19.3 Å². The highest BCUT2D eigenvalue weighted by molar-refractivity contribution is 8.06. The van der Waals surface area contributed by atoms with E-state index in [0.29, 0.717) is 13.2 Å². The van der Waals surface area contributed by atoms with Crippen LogP contribution in [0.4, 0.5) is 0 Å². The van der Waals surface area contributed by atoms with E-state index < -0.39 is 0 Å². The molecule has 1 fully saturated rings. The van der Waals surface area contributed by atoms with Crippen molar-refractivity contribution >= 4 is 11.8 Å². The van der Waals surface area contributed by atoms with Gasteiger partial charge in [-0.3, -0.25) is 0 Å². The van der Waals surface area contributed by atoms with E-state index in [9.17, 15) is 0 Å². The third-order valence-corrected chi connectivity index (χ3v) is 3.99. The van der Waals surface area contributed by atoms with Crippen molar-refractivity contribution in [2.24, 2.45) is 0 Å². The first-order chi connectivity index (χ1) is 7.43. The lowest BCUT2D eigenvalue weighted by molar-refractivity contribution is -0.00489. The van der Waals surface area contributed by atoms with Gasteiger partial charge in [-0.1, -0.05) is 17.8 Å². The summed E-state index contributed by atoms with van der Waals surface area (Å²) in [5, 5.41) is 0. The zero-order valence-electron chi connectivity index (χ0n) is 8.53. The minimum atomic E-state index is -0.119. The molecule has 3 aliphatic rings. The summed E-state index contributed by atoms with van der Waals surface area (Å²) in [6.07, 6.45) is 5.23. The molecule has 0 amide bonds. The van der Waals surface area contributed by atoms with Crippen LogP contribution in [-0.4, -0.2) is 26.1 Å². The highest BCUT2D eigenvalue weighted by Gasteiger charge is 2.27. The fraction of sp³-hybridized carbons (Fsp3) is 0.636. The molecule has 0 bridgehead atoms. The maximum absolute atomic E-state index is 5.63. The van der Waals surface area contributed by atoms with Crippen LogP contribution in [0.5, 0.6) is 0 Å². The molecule has 0 aromatic heterocycles. The van der Waals surface area contributed by atoms with E-state index in [2.05, 4.69) is 6.08 Å². The van der Waals surface area contributed by atoms with E-state index in [1.807, 2.05) is 0 Å². The number of hydrogen-bond acceptors (Lipinski definition) is 4. The van der Waals surface area contributed by atoms with Crippen LogP contribution in [0.15, 0.2) is 21.6 Å². The molecule has 0 N–H and O–H groups in total. The molecule has 82 valence electrons. The van der Waals surface area contributed by atoms with Crippen LogP contribution in [0.25, 0.3) is 0 Å². The van der Waals surface area contributed by atoms with E-state index in [4.69, 9.17) is 14.2 Å². The number of allylic oxidation sites excluding steroid dienone is 2. The van der Waals surface area contributed by atoms with Crippen molar-refractivity contribution in [2.45, 2.75) is 25.6 Å². The first kappa shape index (κ1) is 9.75. The van der Waals surface area contributed by atoms with Gasteiger partial charge in [0.1, 0.15) is 5.76 Å². The van der Waals surface area contributed by atoms with Gasteiger partial charge in [-0.05, 0) is 12.8 Å². The zero-order valence-corrected chi connectivity index (χ0v) is 9.35. The molecule has 0 aliphatic carbocycles. The molecule has 0 unspecified atom stereocenters. The van der Waals surface area contributed by atoms with Crippen LogP contribution in [0.3, 0.4) is 0 Å². The maximum atomic E-state index is 5.63. The largest absolute Gasteiger partial charge is 0.497 e.